The molecule has 18 heavy (non-hydrogen) atoms. The Morgan fingerprint density at radius 3 is 3.00 bits per heavy atom. The lowest BCUT2D eigenvalue weighted by atomic mass is 9.97. The molecule has 3 nitrogen and oxygen atoms in total. The highest BCUT2D eigenvalue weighted by molar-refractivity contribution is 5.78. The predicted octanol–water partition coefficient (Wildman–Crippen LogP) is 2.48. The van der Waals surface area contributed by atoms with Crippen LogP contribution in [-0.2, 0) is 4.79 Å². The minimum absolute atomic E-state index is 0.199. The molecule has 3 heteroatoms. The monoisotopic (exact) mass is 250 g/mol. The van der Waals surface area contributed by atoms with Gasteiger partial charge in [0.15, 0.2) is 0 Å². The summed E-state index contributed by atoms with van der Waals surface area (Å²) >= 11 is 0. The quantitative estimate of drug-likeness (QED) is 0.735. The molecule has 1 atom stereocenters. The lowest BCUT2D eigenvalue weighted by molar-refractivity contribution is -0.124. The lowest BCUT2D eigenvalue weighted by Crippen LogP contribution is -2.51. The number of nitrogens with zero attached hydrogens (tertiary/aromatic N) is 1. The molecule has 0 saturated carbocycles. The first-order valence-electron chi connectivity index (χ1n) is 7.48. The summed E-state index contributed by atoms with van der Waals surface area (Å²) in [6, 6.07) is 0.650. The zero-order valence-electron chi connectivity index (χ0n) is 11.6. The maximum Gasteiger partial charge on any atom is 0.234 e. The highest BCUT2D eigenvalue weighted by Crippen LogP contribution is 2.20. The molecule has 0 aromatic rings. The van der Waals surface area contributed by atoms with Gasteiger partial charge in [0.05, 0.1) is 6.54 Å². The van der Waals surface area contributed by atoms with Gasteiger partial charge in [0.2, 0.25) is 5.91 Å². The molecule has 0 bridgehead atoms. The summed E-state index contributed by atoms with van der Waals surface area (Å²) in [6.45, 7) is 4.70. The molecule has 1 amide bonds. The second-order valence-corrected chi connectivity index (χ2v) is 5.53. The van der Waals surface area contributed by atoms with Crippen LogP contribution in [-0.4, -0.2) is 36.5 Å². The highest BCUT2D eigenvalue weighted by atomic mass is 16.2. The number of carbonyl (C=O) groups is 1. The molecule has 0 aromatic carbocycles. The van der Waals surface area contributed by atoms with E-state index in [4.69, 9.17) is 0 Å². The van der Waals surface area contributed by atoms with Crippen LogP contribution in [0.4, 0.5) is 0 Å². The van der Waals surface area contributed by atoms with E-state index >= 15 is 0 Å². The van der Waals surface area contributed by atoms with Gasteiger partial charge < -0.3 is 5.32 Å². The fraction of sp³-hybridized carbons (Fsp3) is 0.800. The molecule has 0 spiro atoms. The van der Waals surface area contributed by atoms with Crippen LogP contribution < -0.4 is 5.32 Å². The van der Waals surface area contributed by atoms with E-state index < -0.39 is 0 Å². The third-order valence-corrected chi connectivity index (χ3v) is 4.24. The molecule has 0 unspecified atom stereocenters. The van der Waals surface area contributed by atoms with Gasteiger partial charge in [-0.25, -0.2) is 0 Å². The molecule has 0 radical (unpaired) electrons. The van der Waals surface area contributed by atoms with E-state index in [0.717, 1.165) is 19.5 Å². The molecular formula is C15H26N2O. The van der Waals surface area contributed by atoms with Crippen LogP contribution in [0.5, 0.6) is 0 Å². The minimum Gasteiger partial charge on any atom is -0.355 e. The van der Waals surface area contributed by atoms with Crippen LogP contribution >= 0.6 is 0 Å². The van der Waals surface area contributed by atoms with Crippen LogP contribution in [0, 0.1) is 0 Å². The van der Waals surface area contributed by atoms with Crippen LogP contribution in [0.1, 0.15) is 51.9 Å². The van der Waals surface area contributed by atoms with Gasteiger partial charge in [0, 0.05) is 19.1 Å². The molecule has 1 fully saturated rings. The van der Waals surface area contributed by atoms with Crippen molar-refractivity contribution in [2.45, 2.75) is 57.9 Å². The Kier molecular flexibility index (Phi) is 5.24. The van der Waals surface area contributed by atoms with E-state index in [9.17, 15) is 4.79 Å². The second-order valence-electron chi connectivity index (χ2n) is 5.53. The SMILES string of the molecule is CC[C@@H]1CCN1CC(=O)NCCC1=CCCCC1. The third-order valence-electron chi connectivity index (χ3n) is 4.24. The Bertz CT molecular complexity index is 310. The molecule has 2 aliphatic rings. The van der Waals surface area contributed by atoms with Crippen molar-refractivity contribution in [1.82, 2.24) is 10.2 Å². The van der Waals surface area contributed by atoms with E-state index in [0.29, 0.717) is 12.6 Å². The standard InChI is InChI=1S/C15H26N2O/c1-2-14-9-11-17(14)12-15(18)16-10-8-13-6-4-3-5-7-13/h6,14H,2-5,7-12H2,1H3,(H,16,18)/t14-/m1/s1. The summed E-state index contributed by atoms with van der Waals surface area (Å²) in [5.74, 6) is 0.199. The third kappa shape index (κ3) is 3.84. The van der Waals surface area contributed by atoms with Crippen molar-refractivity contribution in [2.24, 2.45) is 0 Å². The number of likely N-dealkylation sites (tertiary alicyclic amines) is 1. The van der Waals surface area contributed by atoms with Crippen molar-refractivity contribution < 1.29 is 4.79 Å². The normalized spacial score (nSPS) is 24.3. The topological polar surface area (TPSA) is 32.3 Å². The Morgan fingerprint density at radius 2 is 2.39 bits per heavy atom. The number of hydrogen-bond donors (Lipinski definition) is 1. The smallest absolute Gasteiger partial charge is 0.234 e. The largest absolute Gasteiger partial charge is 0.355 e. The van der Waals surface area contributed by atoms with E-state index in [1.165, 1.54) is 44.1 Å². The fourth-order valence-corrected chi connectivity index (χ4v) is 2.90. The second kappa shape index (κ2) is 6.93. The molecule has 1 aliphatic carbocycles. The van der Waals surface area contributed by atoms with Gasteiger partial charge >= 0.3 is 0 Å². The van der Waals surface area contributed by atoms with Crippen LogP contribution in [0.25, 0.3) is 0 Å². The molecule has 0 aromatic heterocycles. The molecule has 102 valence electrons. The van der Waals surface area contributed by atoms with Crippen molar-refractivity contribution in [3.8, 4) is 0 Å². The van der Waals surface area contributed by atoms with E-state index in [1.807, 2.05) is 0 Å². The lowest BCUT2D eigenvalue weighted by Gasteiger charge is -2.39. The number of nitrogens with one attached hydrogen (secondary N) is 1. The Morgan fingerprint density at radius 1 is 1.50 bits per heavy atom. The Hall–Kier alpha value is -0.830. The minimum atomic E-state index is 0.199. The van der Waals surface area contributed by atoms with Crippen LogP contribution in [0.15, 0.2) is 11.6 Å². The van der Waals surface area contributed by atoms with Gasteiger partial charge in [-0.2, -0.15) is 0 Å². The molecule has 1 N–H and O–H groups in total. The number of carbonyl (C=O) groups excluding carboxylic acids is 1. The number of amides is 1. The van der Waals surface area contributed by atoms with E-state index in [1.54, 1.807) is 0 Å². The summed E-state index contributed by atoms with van der Waals surface area (Å²) in [5.41, 5.74) is 1.54. The van der Waals surface area contributed by atoms with Crippen molar-refractivity contribution in [3.63, 3.8) is 0 Å². The van der Waals surface area contributed by atoms with Crippen molar-refractivity contribution in [3.05, 3.63) is 11.6 Å². The maximum absolute atomic E-state index is 11.8. The molecule has 1 heterocycles. The number of allylic oxidation sites excluding steroid dienone is 1. The number of hydrogen-bond acceptors (Lipinski definition) is 2. The predicted molar refractivity (Wildman–Crippen MR) is 74.4 cm³/mol. The van der Waals surface area contributed by atoms with Crippen molar-refractivity contribution in [1.29, 1.82) is 0 Å². The Labute approximate surface area is 111 Å². The number of rotatable bonds is 6. The van der Waals surface area contributed by atoms with Gasteiger partial charge in [0.1, 0.15) is 0 Å². The zero-order valence-corrected chi connectivity index (χ0v) is 11.6. The Balaban J connectivity index is 1.58. The summed E-state index contributed by atoms with van der Waals surface area (Å²) in [4.78, 5) is 14.1. The van der Waals surface area contributed by atoms with E-state index in [-0.39, 0.29) is 5.91 Å². The van der Waals surface area contributed by atoms with Gasteiger partial charge in [-0.1, -0.05) is 18.6 Å². The zero-order chi connectivity index (χ0) is 12.8. The molecule has 1 saturated heterocycles. The average Bonchev–Trinajstić information content (AvgIpc) is 2.37. The van der Waals surface area contributed by atoms with Crippen LogP contribution in [0.2, 0.25) is 0 Å². The molecule has 2 rings (SSSR count). The maximum atomic E-state index is 11.8. The molecule has 1 aliphatic heterocycles. The first-order valence-corrected chi connectivity index (χ1v) is 7.48. The average molecular weight is 250 g/mol. The first-order chi connectivity index (χ1) is 8.79. The fourth-order valence-electron chi connectivity index (χ4n) is 2.90. The first kappa shape index (κ1) is 13.6. The van der Waals surface area contributed by atoms with Crippen LogP contribution in [0.3, 0.4) is 0 Å². The highest BCUT2D eigenvalue weighted by Gasteiger charge is 2.27. The summed E-state index contributed by atoms with van der Waals surface area (Å²) in [5, 5.41) is 3.05. The van der Waals surface area contributed by atoms with Crippen molar-refractivity contribution >= 4 is 5.91 Å². The van der Waals surface area contributed by atoms with Gasteiger partial charge in [0.25, 0.3) is 0 Å². The summed E-state index contributed by atoms with van der Waals surface area (Å²) in [7, 11) is 0. The van der Waals surface area contributed by atoms with E-state index in [2.05, 4.69) is 23.2 Å². The summed E-state index contributed by atoms with van der Waals surface area (Å²) < 4.78 is 0. The van der Waals surface area contributed by atoms with Crippen molar-refractivity contribution in [2.75, 3.05) is 19.6 Å². The molecular weight excluding hydrogens is 224 g/mol. The summed E-state index contributed by atoms with van der Waals surface area (Å²) in [6.07, 6.45) is 11.0. The van der Waals surface area contributed by atoms with Gasteiger partial charge in [-0.05, 0) is 44.9 Å². The van der Waals surface area contributed by atoms with Gasteiger partial charge in [-0.15, -0.1) is 0 Å². The van der Waals surface area contributed by atoms with Gasteiger partial charge in [-0.3, -0.25) is 9.69 Å².